The maximum Gasteiger partial charge on any atom is 0.173 e. The Morgan fingerprint density at radius 2 is 2.11 bits per heavy atom. The highest BCUT2D eigenvalue weighted by molar-refractivity contribution is 5.85. The van der Waals surface area contributed by atoms with Crippen molar-refractivity contribution in [3.63, 3.8) is 0 Å². The van der Waals surface area contributed by atoms with Crippen molar-refractivity contribution in [1.82, 2.24) is 9.55 Å². The van der Waals surface area contributed by atoms with Gasteiger partial charge in [-0.15, -0.1) is 0 Å². The second-order valence-corrected chi connectivity index (χ2v) is 4.09. The molecule has 0 saturated carbocycles. The van der Waals surface area contributed by atoms with Crippen LogP contribution in [0.2, 0.25) is 0 Å². The molecule has 1 unspecified atom stereocenters. The van der Waals surface area contributed by atoms with Crippen LogP contribution in [0.4, 0.5) is 0 Å². The molecule has 1 atom stereocenters. The molecular formula is C14H16N2O2. The van der Waals surface area contributed by atoms with Crippen LogP contribution in [0.3, 0.4) is 0 Å². The number of imidazole rings is 1. The van der Waals surface area contributed by atoms with E-state index >= 15 is 0 Å². The summed E-state index contributed by atoms with van der Waals surface area (Å²) >= 11 is 0. The minimum atomic E-state index is -1.08. The quantitative estimate of drug-likeness (QED) is 0.871. The Balaban J connectivity index is 2.09. The highest BCUT2D eigenvalue weighted by atomic mass is 16.3. The van der Waals surface area contributed by atoms with Crippen LogP contribution in [0.25, 0.3) is 0 Å². The van der Waals surface area contributed by atoms with E-state index in [1.165, 1.54) is 0 Å². The van der Waals surface area contributed by atoms with Crippen LogP contribution in [-0.2, 0) is 17.8 Å². The van der Waals surface area contributed by atoms with E-state index in [0.717, 1.165) is 6.54 Å². The van der Waals surface area contributed by atoms with Crippen molar-refractivity contribution in [3.05, 3.63) is 54.1 Å². The first kappa shape index (κ1) is 12.5. The van der Waals surface area contributed by atoms with Crippen molar-refractivity contribution in [2.75, 3.05) is 0 Å². The van der Waals surface area contributed by atoms with E-state index < -0.39 is 6.10 Å². The fraction of sp³-hybridized carbons (Fsp3) is 0.286. The van der Waals surface area contributed by atoms with Gasteiger partial charge in [-0.2, -0.15) is 0 Å². The SMILES string of the molecule is CCn1ccnc1CC(=O)C(O)c1ccccc1. The van der Waals surface area contributed by atoms with Crippen LogP contribution in [0.5, 0.6) is 0 Å². The van der Waals surface area contributed by atoms with E-state index in [1.807, 2.05) is 23.8 Å². The van der Waals surface area contributed by atoms with Crippen molar-refractivity contribution in [2.24, 2.45) is 0 Å². The molecule has 18 heavy (non-hydrogen) atoms. The predicted molar refractivity (Wildman–Crippen MR) is 68.0 cm³/mol. The zero-order valence-corrected chi connectivity index (χ0v) is 10.3. The van der Waals surface area contributed by atoms with Crippen molar-refractivity contribution in [2.45, 2.75) is 26.0 Å². The van der Waals surface area contributed by atoms with Gasteiger partial charge in [0.2, 0.25) is 0 Å². The van der Waals surface area contributed by atoms with Gasteiger partial charge in [0.1, 0.15) is 11.9 Å². The first-order valence-electron chi connectivity index (χ1n) is 5.98. The Morgan fingerprint density at radius 1 is 1.39 bits per heavy atom. The number of hydrogen-bond donors (Lipinski definition) is 1. The number of aliphatic hydroxyl groups excluding tert-OH is 1. The summed E-state index contributed by atoms with van der Waals surface area (Å²) in [6.07, 6.45) is 2.57. The highest BCUT2D eigenvalue weighted by Gasteiger charge is 2.19. The number of benzene rings is 1. The first-order chi connectivity index (χ1) is 8.72. The van der Waals surface area contributed by atoms with Gasteiger partial charge >= 0.3 is 0 Å². The molecule has 0 aliphatic rings. The fourth-order valence-corrected chi connectivity index (χ4v) is 1.87. The van der Waals surface area contributed by atoms with E-state index in [9.17, 15) is 9.90 Å². The van der Waals surface area contributed by atoms with Gasteiger partial charge in [0.05, 0.1) is 6.42 Å². The van der Waals surface area contributed by atoms with Crippen LogP contribution < -0.4 is 0 Å². The standard InChI is InChI=1S/C14H16N2O2/c1-2-16-9-8-15-13(16)10-12(17)14(18)11-6-4-3-5-7-11/h3-9,14,18H,2,10H2,1H3. The molecule has 0 spiro atoms. The van der Waals surface area contributed by atoms with E-state index in [4.69, 9.17) is 0 Å². The average molecular weight is 244 g/mol. The number of carbonyl (C=O) groups excluding carboxylic acids is 1. The molecule has 1 aromatic carbocycles. The van der Waals surface area contributed by atoms with E-state index in [2.05, 4.69) is 4.98 Å². The Morgan fingerprint density at radius 3 is 2.78 bits per heavy atom. The van der Waals surface area contributed by atoms with Gasteiger partial charge in [0.25, 0.3) is 0 Å². The lowest BCUT2D eigenvalue weighted by atomic mass is 10.0. The molecule has 2 rings (SSSR count). The molecule has 94 valence electrons. The molecule has 0 aliphatic heterocycles. The molecule has 2 aromatic rings. The maximum atomic E-state index is 12.0. The molecule has 0 aliphatic carbocycles. The Labute approximate surface area is 106 Å². The predicted octanol–water partition coefficient (Wildman–Crippen LogP) is 1.75. The third-order valence-electron chi connectivity index (χ3n) is 2.90. The largest absolute Gasteiger partial charge is 0.381 e. The summed E-state index contributed by atoms with van der Waals surface area (Å²) in [7, 11) is 0. The second-order valence-electron chi connectivity index (χ2n) is 4.09. The molecule has 0 amide bonds. The summed E-state index contributed by atoms with van der Waals surface area (Å²) in [4.78, 5) is 16.1. The fourth-order valence-electron chi connectivity index (χ4n) is 1.87. The lowest BCUT2D eigenvalue weighted by Crippen LogP contribution is -2.17. The van der Waals surface area contributed by atoms with Crippen LogP contribution in [0.15, 0.2) is 42.7 Å². The molecule has 4 nitrogen and oxygen atoms in total. The van der Waals surface area contributed by atoms with E-state index in [-0.39, 0.29) is 12.2 Å². The smallest absolute Gasteiger partial charge is 0.173 e. The number of nitrogens with zero attached hydrogens (tertiary/aromatic N) is 2. The molecule has 1 N–H and O–H groups in total. The number of rotatable bonds is 5. The van der Waals surface area contributed by atoms with Crippen molar-refractivity contribution < 1.29 is 9.90 Å². The molecular weight excluding hydrogens is 228 g/mol. The average Bonchev–Trinajstić information content (AvgIpc) is 2.86. The summed E-state index contributed by atoms with van der Waals surface area (Å²) in [6, 6.07) is 8.95. The maximum absolute atomic E-state index is 12.0. The van der Waals surface area contributed by atoms with Gasteiger partial charge in [-0.05, 0) is 12.5 Å². The summed E-state index contributed by atoms with van der Waals surface area (Å²) in [5.74, 6) is 0.458. The van der Waals surface area contributed by atoms with Crippen LogP contribution in [0.1, 0.15) is 24.4 Å². The summed E-state index contributed by atoms with van der Waals surface area (Å²) in [6.45, 7) is 2.76. The van der Waals surface area contributed by atoms with Crippen molar-refractivity contribution >= 4 is 5.78 Å². The zero-order chi connectivity index (χ0) is 13.0. The minimum Gasteiger partial charge on any atom is -0.381 e. The zero-order valence-electron chi connectivity index (χ0n) is 10.3. The number of aromatic nitrogens is 2. The molecule has 1 heterocycles. The van der Waals surface area contributed by atoms with Crippen molar-refractivity contribution in [3.8, 4) is 0 Å². The molecule has 1 aromatic heterocycles. The first-order valence-corrected chi connectivity index (χ1v) is 5.98. The Hall–Kier alpha value is -1.94. The third kappa shape index (κ3) is 2.65. The summed E-state index contributed by atoms with van der Waals surface area (Å²) in [5.41, 5.74) is 0.622. The van der Waals surface area contributed by atoms with Gasteiger partial charge in [-0.25, -0.2) is 4.98 Å². The third-order valence-corrected chi connectivity index (χ3v) is 2.90. The molecule has 0 fully saturated rings. The number of Topliss-reactive ketones (excluding diaryl/α,β-unsaturated/α-hetero) is 1. The number of aryl methyl sites for hydroxylation is 1. The number of ketones is 1. The number of hydrogen-bond acceptors (Lipinski definition) is 3. The van der Waals surface area contributed by atoms with Crippen LogP contribution >= 0.6 is 0 Å². The van der Waals surface area contributed by atoms with Gasteiger partial charge in [0.15, 0.2) is 5.78 Å². The Kier molecular flexibility index (Phi) is 3.89. The lowest BCUT2D eigenvalue weighted by molar-refractivity contribution is -0.126. The lowest BCUT2D eigenvalue weighted by Gasteiger charge is -2.10. The summed E-state index contributed by atoms with van der Waals surface area (Å²) in [5, 5.41) is 9.96. The number of carbonyl (C=O) groups is 1. The minimum absolute atomic E-state index is 0.150. The van der Waals surface area contributed by atoms with E-state index in [1.54, 1.807) is 30.5 Å². The molecule has 0 saturated heterocycles. The highest BCUT2D eigenvalue weighted by Crippen LogP contribution is 2.15. The van der Waals surface area contributed by atoms with Gasteiger partial charge in [-0.1, -0.05) is 30.3 Å². The van der Waals surface area contributed by atoms with Gasteiger partial charge in [-0.3, -0.25) is 4.79 Å². The normalized spacial score (nSPS) is 12.3. The topological polar surface area (TPSA) is 55.1 Å². The Bertz CT molecular complexity index is 520. The van der Waals surface area contributed by atoms with Gasteiger partial charge < -0.3 is 9.67 Å². The number of aliphatic hydroxyl groups is 1. The molecule has 4 heteroatoms. The summed E-state index contributed by atoms with van der Waals surface area (Å²) < 4.78 is 1.90. The van der Waals surface area contributed by atoms with Crippen LogP contribution in [0, 0.1) is 0 Å². The van der Waals surface area contributed by atoms with E-state index in [0.29, 0.717) is 11.4 Å². The monoisotopic (exact) mass is 244 g/mol. The van der Waals surface area contributed by atoms with Crippen molar-refractivity contribution in [1.29, 1.82) is 0 Å². The van der Waals surface area contributed by atoms with Gasteiger partial charge in [0, 0.05) is 18.9 Å². The molecule has 0 radical (unpaired) electrons. The van der Waals surface area contributed by atoms with Crippen LogP contribution in [-0.4, -0.2) is 20.4 Å². The second kappa shape index (κ2) is 5.60. The molecule has 0 bridgehead atoms.